The first kappa shape index (κ1) is 32.4. The van der Waals surface area contributed by atoms with Crippen LogP contribution >= 0.6 is 24.2 Å². The van der Waals surface area contributed by atoms with Gasteiger partial charge in [-0.1, -0.05) is 44.9 Å². The van der Waals surface area contributed by atoms with E-state index in [1.807, 2.05) is 34.6 Å². The van der Waals surface area contributed by atoms with Gasteiger partial charge in [0.1, 0.15) is 5.60 Å². The van der Waals surface area contributed by atoms with Crippen molar-refractivity contribution in [2.75, 3.05) is 38.5 Å². The van der Waals surface area contributed by atoms with E-state index >= 15 is 0 Å². The SMILES string of the molecule is CC(C)CC(NC(=O)C1CCCCC1)C(=O)c1nnc(SCCN2CCN(C(=O)OC(C)(C)C)CC2)o1.Cl. The Morgan fingerprint density at radius 3 is 2.34 bits per heavy atom. The van der Waals surface area contributed by atoms with Gasteiger partial charge in [0.2, 0.25) is 11.7 Å². The number of ether oxygens (including phenoxy) is 1. The second-order valence-corrected chi connectivity index (χ2v) is 12.5. The highest BCUT2D eigenvalue weighted by Gasteiger charge is 2.31. The number of piperazine rings is 1. The van der Waals surface area contributed by atoms with Gasteiger partial charge in [-0.15, -0.1) is 22.6 Å². The van der Waals surface area contributed by atoms with Crippen LogP contribution in [0.5, 0.6) is 0 Å². The Kier molecular flexibility index (Phi) is 12.8. The van der Waals surface area contributed by atoms with Crippen molar-refractivity contribution in [2.45, 2.75) is 90.0 Å². The average molecular weight is 574 g/mol. The van der Waals surface area contributed by atoms with E-state index in [1.165, 1.54) is 18.2 Å². The van der Waals surface area contributed by atoms with E-state index in [2.05, 4.69) is 20.4 Å². The Labute approximate surface area is 236 Å². The number of nitrogens with zero attached hydrogens (tertiary/aromatic N) is 4. The molecule has 1 aliphatic carbocycles. The highest BCUT2D eigenvalue weighted by atomic mass is 35.5. The molecule has 1 atom stereocenters. The van der Waals surface area contributed by atoms with Crippen LogP contribution in [-0.2, 0) is 9.53 Å². The van der Waals surface area contributed by atoms with E-state index in [4.69, 9.17) is 9.15 Å². The number of thioether (sulfide) groups is 1. The highest BCUT2D eigenvalue weighted by molar-refractivity contribution is 7.99. The summed E-state index contributed by atoms with van der Waals surface area (Å²) in [6.45, 7) is 13.2. The summed E-state index contributed by atoms with van der Waals surface area (Å²) < 4.78 is 11.1. The first-order valence-corrected chi connectivity index (χ1v) is 14.5. The molecule has 0 radical (unpaired) electrons. The Morgan fingerprint density at radius 1 is 1.08 bits per heavy atom. The van der Waals surface area contributed by atoms with Crippen LogP contribution < -0.4 is 5.32 Å². The number of Topliss-reactive ketones (excluding diaryl/α,β-unsaturated/α-hetero) is 1. The zero-order valence-electron chi connectivity index (χ0n) is 23.4. The molecular formula is C26H44ClN5O5S. The number of carbonyl (C=O) groups excluding carboxylic acids is 3. The minimum absolute atomic E-state index is 0. The number of hydrogen-bond donors (Lipinski definition) is 1. The van der Waals surface area contributed by atoms with Gasteiger partial charge in [0.05, 0.1) is 6.04 Å². The van der Waals surface area contributed by atoms with Crippen LogP contribution in [0.3, 0.4) is 0 Å². The van der Waals surface area contributed by atoms with Crippen molar-refractivity contribution >= 4 is 42.0 Å². The molecule has 1 N–H and O–H groups in total. The van der Waals surface area contributed by atoms with Crippen molar-refractivity contribution < 1.29 is 23.5 Å². The third kappa shape index (κ3) is 10.4. The fourth-order valence-corrected chi connectivity index (χ4v) is 5.38. The lowest BCUT2D eigenvalue weighted by molar-refractivity contribution is -0.126. The normalized spacial score (nSPS) is 18.1. The maximum atomic E-state index is 13.1. The maximum Gasteiger partial charge on any atom is 0.410 e. The predicted molar refractivity (Wildman–Crippen MR) is 149 cm³/mol. The lowest BCUT2D eigenvalue weighted by Gasteiger charge is -2.35. The Bertz CT molecular complexity index is 908. The smallest absolute Gasteiger partial charge is 0.410 e. The van der Waals surface area contributed by atoms with Crippen molar-refractivity contribution in [3.05, 3.63) is 5.89 Å². The van der Waals surface area contributed by atoms with E-state index in [1.54, 1.807) is 4.90 Å². The zero-order chi connectivity index (χ0) is 27.0. The minimum atomic E-state index is -0.658. The molecular weight excluding hydrogens is 530 g/mol. The van der Waals surface area contributed by atoms with Gasteiger partial charge in [-0.2, -0.15) is 0 Å². The van der Waals surface area contributed by atoms with Gasteiger partial charge in [0.15, 0.2) is 0 Å². The van der Waals surface area contributed by atoms with Crippen molar-refractivity contribution in [3.63, 3.8) is 0 Å². The molecule has 1 unspecified atom stereocenters. The number of nitrogens with one attached hydrogen (secondary N) is 1. The monoisotopic (exact) mass is 573 g/mol. The average Bonchev–Trinajstić information content (AvgIpc) is 3.31. The van der Waals surface area contributed by atoms with Gasteiger partial charge < -0.3 is 19.4 Å². The standard InChI is InChI=1S/C26H43N5O5S.ClH/c1-18(2)17-20(27-22(33)19-9-7-6-8-10-19)21(32)23-28-29-24(35-23)37-16-15-30-11-13-31(14-12-30)25(34)36-26(3,4)5;/h18-20H,6-17H2,1-5H3,(H,27,33);1H. The molecule has 1 aromatic heterocycles. The second-order valence-electron chi connectivity index (χ2n) is 11.4. The fraction of sp³-hybridized carbons (Fsp3) is 0.808. The molecule has 1 saturated carbocycles. The van der Waals surface area contributed by atoms with Gasteiger partial charge >= 0.3 is 6.09 Å². The Hall–Kier alpha value is -1.85. The molecule has 1 saturated heterocycles. The van der Waals surface area contributed by atoms with Crippen LogP contribution in [0.1, 0.15) is 83.8 Å². The number of amides is 2. The largest absolute Gasteiger partial charge is 0.444 e. The van der Waals surface area contributed by atoms with Crippen LogP contribution in [0.4, 0.5) is 4.79 Å². The summed E-state index contributed by atoms with van der Waals surface area (Å²) in [5.41, 5.74) is -0.495. The van der Waals surface area contributed by atoms with Crippen molar-refractivity contribution in [1.82, 2.24) is 25.3 Å². The van der Waals surface area contributed by atoms with Crippen LogP contribution in [-0.4, -0.2) is 87.9 Å². The molecule has 1 aromatic rings. The molecule has 1 aliphatic heterocycles. The molecule has 10 nitrogen and oxygen atoms in total. The lowest BCUT2D eigenvalue weighted by Crippen LogP contribution is -2.50. The van der Waals surface area contributed by atoms with Gasteiger partial charge in [-0.25, -0.2) is 4.79 Å². The quantitative estimate of drug-likeness (QED) is 0.320. The van der Waals surface area contributed by atoms with Gasteiger partial charge in [-0.05, 0) is 46.0 Å². The molecule has 38 heavy (non-hydrogen) atoms. The van der Waals surface area contributed by atoms with E-state index in [0.29, 0.717) is 24.7 Å². The van der Waals surface area contributed by atoms with E-state index in [-0.39, 0.29) is 47.9 Å². The number of carbonyl (C=O) groups is 3. The topological polar surface area (TPSA) is 118 Å². The first-order chi connectivity index (χ1) is 17.5. The van der Waals surface area contributed by atoms with E-state index in [9.17, 15) is 14.4 Å². The molecule has 3 rings (SSSR count). The van der Waals surface area contributed by atoms with E-state index in [0.717, 1.165) is 51.1 Å². The number of ketones is 1. The molecule has 12 heteroatoms. The fourth-order valence-electron chi connectivity index (χ4n) is 4.62. The summed E-state index contributed by atoms with van der Waals surface area (Å²) in [7, 11) is 0. The van der Waals surface area contributed by atoms with Crippen LogP contribution in [0.25, 0.3) is 0 Å². The first-order valence-electron chi connectivity index (χ1n) is 13.5. The van der Waals surface area contributed by atoms with Gasteiger partial charge in [-0.3, -0.25) is 14.5 Å². The number of rotatable bonds is 10. The third-order valence-corrected chi connectivity index (χ3v) is 7.39. The summed E-state index contributed by atoms with van der Waals surface area (Å²) in [6.07, 6.45) is 5.31. The molecule has 2 amide bonds. The molecule has 0 spiro atoms. The predicted octanol–water partition coefficient (Wildman–Crippen LogP) is 4.43. The molecule has 0 aromatic carbocycles. The molecule has 0 bridgehead atoms. The summed E-state index contributed by atoms with van der Waals surface area (Å²) in [5.74, 6) is 0.512. The third-order valence-electron chi connectivity index (χ3n) is 6.59. The number of halogens is 1. The summed E-state index contributed by atoms with van der Waals surface area (Å²) in [6, 6.07) is -0.658. The second kappa shape index (κ2) is 15.1. The van der Waals surface area contributed by atoms with Gasteiger partial charge in [0, 0.05) is 44.4 Å². The summed E-state index contributed by atoms with van der Waals surface area (Å²) in [5, 5.41) is 11.3. The maximum absolute atomic E-state index is 13.1. The zero-order valence-corrected chi connectivity index (χ0v) is 25.0. The highest BCUT2D eigenvalue weighted by Crippen LogP contribution is 2.25. The molecule has 2 aliphatic rings. The van der Waals surface area contributed by atoms with Crippen LogP contribution in [0.15, 0.2) is 9.64 Å². The van der Waals surface area contributed by atoms with Gasteiger partial charge in [0.25, 0.3) is 11.1 Å². The molecule has 216 valence electrons. The summed E-state index contributed by atoms with van der Waals surface area (Å²) in [4.78, 5) is 42.1. The summed E-state index contributed by atoms with van der Waals surface area (Å²) >= 11 is 1.40. The molecule has 2 fully saturated rings. The van der Waals surface area contributed by atoms with Crippen molar-refractivity contribution in [2.24, 2.45) is 11.8 Å². The number of hydrogen-bond acceptors (Lipinski definition) is 9. The van der Waals surface area contributed by atoms with Crippen LogP contribution in [0.2, 0.25) is 0 Å². The lowest BCUT2D eigenvalue weighted by atomic mass is 9.88. The Morgan fingerprint density at radius 2 is 1.74 bits per heavy atom. The minimum Gasteiger partial charge on any atom is -0.444 e. The molecule has 2 heterocycles. The van der Waals surface area contributed by atoms with Crippen molar-refractivity contribution in [3.8, 4) is 0 Å². The van der Waals surface area contributed by atoms with E-state index < -0.39 is 11.6 Å². The number of aromatic nitrogens is 2. The van der Waals surface area contributed by atoms with Crippen LogP contribution in [0, 0.1) is 11.8 Å². The van der Waals surface area contributed by atoms with Crippen molar-refractivity contribution in [1.29, 1.82) is 0 Å². The Balaban J connectivity index is 0.00000507.